The molecule has 0 N–H and O–H groups in total. The Morgan fingerprint density at radius 1 is 1.15 bits per heavy atom. The number of amides is 2. The third-order valence-corrected chi connectivity index (χ3v) is 4.82. The van der Waals surface area contributed by atoms with Gasteiger partial charge in [0.15, 0.2) is 0 Å². The molecule has 0 spiro atoms. The van der Waals surface area contributed by atoms with Gasteiger partial charge in [0.1, 0.15) is 0 Å². The minimum Gasteiger partial charge on any atom is -0.342 e. The second kappa shape index (κ2) is 8.61. The standard InChI is InChI=1S/C21H25N3O2/c1-23(16-19-11-5-6-12-22-19)21(26)18-10-7-13-24(15-18)20(25)14-17-8-3-2-4-9-17/h2-6,8-9,11-12,18H,7,10,13-16H2,1H3. The number of nitrogens with zero attached hydrogens (tertiary/aromatic N) is 3. The smallest absolute Gasteiger partial charge is 0.227 e. The molecule has 5 nitrogen and oxygen atoms in total. The zero-order valence-corrected chi connectivity index (χ0v) is 15.2. The molecule has 1 fully saturated rings. The van der Waals surface area contributed by atoms with Crippen LogP contribution in [0, 0.1) is 5.92 Å². The first kappa shape index (κ1) is 18.1. The number of pyridine rings is 1. The zero-order chi connectivity index (χ0) is 18.4. The molecule has 3 rings (SSSR count). The molecular formula is C21H25N3O2. The number of benzene rings is 1. The first-order valence-electron chi connectivity index (χ1n) is 9.10. The van der Waals surface area contributed by atoms with Gasteiger partial charge in [-0.25, -0.2) is 0 Å². The zero-order valence-electron chi connectivity index (χ0n) is 15.2. The van der Waals surface area contributed by atoms with Gasteiger partial charge in [-0.15, -0.1) is 0 Å². The highest BCUT2D eigenvalue weighted by Crippen LogP contribution is 2.20. The number of piperidine rings is 1. The summed E-state index contributed by atoms with van der Waals surface area (Å²) in [5.41, 5.74) is 1.88. The topological polar surface area (TPSA) is 53.5 Å². The lowest BCUT2D eigenvalue weighted by Crippen LogP contribution is -2.46. The van der Waals surface area contributed by atoms with E-state index in [-0.39, 0.29) is 17.7 Å². The molecule has 1 saturated heterocycles. The Morgan fingerprint density at radius 3 is 2.65 bits per heavy atom. The molecule has 1 unspecified atom stereocenters. The molecule has 2 aromatic rings. The van der Waals surface area contributed by atoms with E-state index in [0.29, 0.717) is 19.5 Å². The molecule has 26 heavy (non-hydrogen) atoms. The molecule has 1 atom stereocenters. The molecule has 1 aliphatic heterocycles. The van der Waals surface area contributed by atoms with Crippen molar-refractivity contribution in [3.8, 4) is 0 Å². The van der Waals surface area contributed by atoms with Gasteiger partial charge in [-0.2, -0.15) is 0 Å². The fourth-order valence-corrected chi connectivity index (χ4v) is 3.41. The Bertz CT molecular complexity index is 733. The van der Waals surface area contributed by atoms with Crippen molar-refractivity contribution in [1.82, 2.24) is 14.8 Å². The van der Waals surface area contributed by atoms with Gasteiger partial charge in [0.05, 0.1) is 24.6 Å². The van der Waals surface area contributed by atoms with Crippen LogP contribution in [0.1, 0.15) is 24.1 Å². The Balaban J connectivity index is 1.57. The first-order valence-corrected chi connectivity index (χ1v) is 9.10. The number of hydrogen-bond acceptors (Lipinski definition) is 3. The third-order valence-electron chi connectivity index (χ3n) is 4.82. The van der Waals surface area contributed by atoms with Crippen molar-refractivity contribution < 1.29 is 9.59 Å². The van der Waals surface area contributed by atoms with Crippen molar-refractivity contribution in [3.05, 3.63) is 66.0 Å². The average molecular weight is 351 g/mol. The van der Waals surface area contributed by atoms with E-state index < -0.39 is 0 Å². The number of carbonyl (C=O) groups is 2. The van der Waals surface area contributed by atoms with Crippen LogP contribution in [0.2, 0.25) is 0 Å². The van der Waals surface area contributed by atoms with Crippen LogP contribution in [-0.4, -0.2) is 46.7 Å². The SMILES string of the molecule is CN(Cc1ccccn1)C(=O)C1CCCN(C(=O)Cc2ccccc2)C1. The van der Waals surface area contributed by atoms with Crippen molar-refractivity contribution in [1.29, 1.82) is 0 Å². The lowest BCUT2D eigenvalue weighted by Gasteiger charge is -2.34. The van der Waals surface area contributed by atoms with E-state index in [1.165, 1.54) is 0 Å². The molecule has 2 heterocycles. The van der Waals surface area contributed by atoms with Crippen molar-refractivity contribution in [3.63, 3.8) is 0 Å². The maximum absolute atomic E-state index is 12.8. The Labute approximate surface area is 154 Å². The van der Waals surface area contributed by atoms with Crippen molar-refractivity contribution in [2.45, 2.75) is 25.8 Å². The summed E-state index contributed by atoms with van der Waals surface area (Å²) in [6.07, 6.45) is 3.83. The van der Waals surface area contributed by atoms with Crippen molar-refractivity contribution in [2.75, 3.05) is 20.1 Å². The van der Waals surface area contributed by atoms with E-state index in [4.69, 9.17) is 0 Å². The van der Waals surface area contributed by atoms with Crippen LogP contribution in [0.5, 0.6) is 0 Å². The van der Waals surface area contributed by atoms with Crippen LogP contribution in [0.15, 0.2) is 54.7 Å². The lowest BCUT2D eigenvalue weighted by molar-refractivity contribution is -0.140. The fraction of sp³-hybridized carbons (Fsp3) is 0.381. The normalized spacial score (nSPS) is 17.0. The van der Waals surface area contributed by atoms with Crippen LogP contribution in [0.4, 0.5) is 0 Å². The van der Waals surface area contributed by atoms with E-state index in [1.54, 1.807) is 11.1 Å². The summed E-state index contributed by atoms with van der Waals surface area (Å²) < 4.78 is 0. The Hall–Kier alpha value is -2.69. The Kier molecular flexibility index (Phi) is 6.00. The van der Waals surface area contributed by atoms with E-state index in [0.717, 1.165) is 30.6 Å². The lowest BCUT2D eigenvalue weighted by atomic mass is 9.96. The quantitative estimate of drug-likeness (QED) is 0.832. The molecule has 1 aromatic carbocycles. The number of rotatable bonds is 5. The molecule has 5 heteroatoms. The predicted molar refractivity (Wildman–Crippen MR) is 100 cm³/mol. The summed E-state index contributed by atoms with van der Waals surface area (Å²) in [4.78, 5) is 33.2. The van der Waals surface area contributed by atoms with Crippen LogP contribution in [-0.2, 0) is 22.6 Å². The van der Waals surface area contributed by atoms with Gasteiger partial charge in [-0.05, 0) is 30.5 Å². The highest BCUT2D eigenvalue weighted by molar-refractivity contribution is 5.82. The van der Waals surface area contributed by atoms with Crippen molar-refractivity contribution in [2.24, 2.45) is 5.92 Å². The third kappa shape index (κ3) is 4.69. The molecular weight excluding hydrogens is 326 g/mol. The predicted octanol–water partition coefficient (Wildman–Crippen LogP) is 2.52. The molecule has 1 aromatic heterocycles. The molecule has 0 bridgehead atoms. The van der Waals surface area contributed by atoms with Gasteiger partial charge in [-0.1, -0.05) is 36.4 Å². The second-order valence-electron chi connectivity index (χ2n) is 6.86. The average Bonchev–Trinajstić information content (AvgIpc) is 2.69. The molecule has 2 amide bonds. The molecule has 0 aliphatic carbocycles. The largest absolute Gasteiger partial charge is 0.342 e. The van der Waals surface area contributed by atoms with Crippen LogP contribution in [0.3, 0.4) is 0 Å². The highest BCUT2D eigenvalue weighted by atomic mass is 16.2. The number of carbonyl (C=O) groups excluding carboxylic acids is 2. The minimum atomic E-state index is -0.128. The number of likely N-dealkylation sites (tertiary alicyclic amines) is 1. The molecule has 1 aliphatic rings. The fourth-order valence-electron chi connectivity index (χ4n) is 3.41. The van der Waals surface area contributed by atoms with Gasteiger partial charge in [0.25, 0.3) is 0 Å². The van der Waals surface area contributed by atoms with Crippen molar-refractivity contribution >= 4 is 11.8 Å². The summed E-state index contributed by atoms with van der Waals surface area (Å²) in [5, 5.41) is 0. The van der Waals surface area contributed by atoms with E-state index in [1.807, 2.05) is 60.5 Å². The minimum absolute atomic E-state index is 0.0906. The summed E-state index contributed by atoms with van der Waals surface area (Å²) in [7, 11) is 1.81. The number of aromatic nitrogens is 1. The highest BCUT2D eigenvalue weighted by Gasteiger charge is 2.30. The maximum Gasteiger partial charge on any atom is 0.227 e. The molecule has 0 radical (unpaired) electrons. The van der Waals surface area contributed by atoms with E-state index >= 15 is 0 Å². The van der Waals surface area contributed by atoms with Gasteiger partial charge in [0.2, 0.25) is 11.8 Å². The van der Waals surface area contributed by atoms with Gasteiger partial charge >= 0.3 is 0 Å². The van der Waals surface area contributed by atoms with E-state index in [9.17, 15) is 9.59 Å². The van der Waals surface area contributed by atoms with Crippen LogP contribution < -0.4 is 0 Å². The summed E-state index contributed by atoms with van der Waals surface area (Å²) >= 11 is 0. The summed E-state index contributed by atoms with van der Waals surface area (Å²) in [6.45, 7) is 1.74. The van der Waals surface area contributed by atoms with Gasteiger partial charge < -0.3 is 9.80 Å². The monoisotopic (exact) mass is 351 g/mol. The Morgan fingerprint density at radius 2 is 1.92 bits per heavy atom. The maximum atomic E-state index is 12.8. The van der Waals surface area contributed by atoms with Crippen LogP contribution in [0.25, 0.3) is 0 Å². The summed E-state index contributed by atoms with van der Waals surface area (Å²) in [5.74, 6) is 0.0612. The summed E-state index contributed by atoms with van der Waals surface area (Å²) in [6, 6.07) is 15.5. The second-order valence-corrected chi connectivity index (χ2v) is 6.86. The first-order chi connectivity index (χ1) is 12.6. The number of hydrogen-bond donors (Lipinski definition) is 0. The molecule has 0 saturated carbocycles. The van der Waals surface area contributed by atoms with Gasteiger partial charge in [0, 0.05) is 26.3 Å². The van der Waals surface area contributed by atoms with E-state index in [2.05, 4.69) is 4.98 Å². The molecule has 136 valence electrons. The van der Waals surface area contributed by atoms with Crippen LogP contribution >= 0.6 is 0 Å². The van der Waals surface area contributed by atoms with Gasteiger partial charge in [-0.3, -0.25) is 14.6 Å².